The van der Waals surface area contributed by atoms with Gasteiger partial charge in [-0.05, 0) is 13.3 Å². The van der Waals surface area contributed by atoms with Crippen molar-refractivity contribution in [3.8, 4) is 17.1 Å². The lowest BCUT2D eigenvalue weighted by molar-refractivity contribution is -0.123. The van der Waals surface area contributed by atoms with Crippen molar-refractivity contribution in [2.24, 2.45) is 0 Å². The molecule has 136 valence electrons. The third kappa shape index (κ3) is 4.15. The van der Waals surface area contributed by atoms with Crippen LogP contribution < -0.4 is 10.1 Å². The Balaban J connectivity index is 1.79. The molecular formula is C18H20N4O4. The van der Waals surface area contributed by atoms with Crippen LogP contribution in [0.5, 0.6) is 5.88 Å². The number of aryl methyl sites for hydroxylation is 1. The van der Waals surface area contributed by atoms with E-state index < -0.39 is 0 Å². The predicted octanol–water partition coefficient (Wildman–Crippen LogP) is 2.12. The number of nitrogens with one attached hydrogen (secondary N) is 1. The van der Waals surface area contributed by atoms with Crippen molar-refractivity contribution in [1.82, 2.24) is 20.4 Å². The van der Waals surface area contributed by atoms with Gasteiger partial charge in [0.25, 0.3) is 11.6 Å². The summed E-state index contributed by atoms with van der Waals surface area (Å²) in [5, 5.41) is 7.41. The van der Waals surface area contributed by atoms with Gasteiger partial charge in [-0.2, -0.15) is 9.97 Å². The van der Waals surface area contributed by atoms with Crippen molar-refractivity contribution in [3.05, 3.63) is 36.2 Å². The Kier molecular flexibility index (Phi) is 5.75. The van der Waals surface area contributed by atoms with Crippen LogP contribution in [0.2, 0.25) is 0 Å². The van der Waals surface area contributed by atoms with Gasteiger partial charge in [0, 0.05) is 25.8 Å². The Morgan fingerprint density at radius 2 is 2.04 bits per heavy atom. The molecule has 1 aromatic carbocycles. The van der Waals surface area contributed by atoms with Gasteiger partial charge < -0.3 is 19.3 Å². The van der Waals surface area contributed by atoms with E-state index in [1.165, 1.54) is 0 Å². The number of hydrogen-bond donors (Lipinski definition) is 1. The van der Waals surface area contributed by atoms with E-state index in [0.717, 1.165) is 12.0 Å². The van der Waals surface area contributed by atoms with Crippen molar-refractivity contribution in [3.63, 3.8) is 0 Å². The first-order chi connectivity index (χ1) is 12.7. The zero-order valence-electron chi connectivity index (χ0n) is 14.7. The summed E-state index contributed by atoms with van der Waals surface area (Å²) in [5.41, 5.74) is 1.76. The Morgan fingerprint density at radius 3 is 2.81 bits per heavy atom. The number of carbonyl (C=O) groups is 1. The van der Waals surface area contributed by atoms with Crippen LogP contribution in [0.3, 0.4) is 0 Å². The molecular weight excluding hydrogens is 336 g/mol. The topological polar surface area (TPSA) is 99.4 Å². The van der Waals surface area contributed by atoms with E-state index in [0.29, 0.717) is 35.8 Å². The molecule has 26 heavy (non-hydrogen) atoms. The first-order valence-electron chi connectivity index (χ1n) is 8.27. The molecule has 1 N–H and O–H groups in total. The molecule has 3 aromatic rings. The van der Waals surface area contributed by atoms with Gasteiger partial charge in [-0.15, -0.1) is 0 Å². The Labute approximate surface area is 150 Å². The summed E-state index contributed by atoms with van der Waals surface area (Å²) in [7, 11) is 1.62. The highest BCUT2D eigenvalue weighted by molar-refractivity contribution is 5.93. The van der Waals surface area contributed by atoms with Gasteiger partial charge in [0.1, 0.15) is 16.9 Å². The molecule has 2 heterocycles. The molecule has 0 aliphatic rings. The van der Waals surface area contributed by atoms with Gasteiger partial charge in [-0.25, -0.2) is 0 Å². The molecule has 0 radical (unpaired) electrons. The Hall–Kier alpha value is -3.00. The van der Waals surface area contributed by atoms with Crippen LogP contribution in [0.4, 0.5) is 0 Å². The molecule has 0 unspecified atom stereocenters. The summed E-state index contributed by atoms with van der Waals surface area (Å²) >= 11 is 0. The zero-order valence-corrected chi connectivity index (χ0v) is 14.7. The normalized spacial score (nSPS) is 10.8. The maximum Gasteiger partial charge on any atom is 0.265 e. The number of hydrogen-bond acceptors (Lipinski definition) is 7. The van der Waals surface area contributed by atoms with E-state index >= 15 is 0 Å². The van der Waals surface area contributed by atoms with E-state index in [9.17, 15) is 4.79 Å². The molecule has 0 aliphatic heterocycles. The van der Waals surface area contributed by atoms with Crippen LogP contribution in [0, 0.1) is 6.92 Å². The standard InChI is InChI=1S/C18H20N4O4/c1-12-20-17(25-11-14(23)19-9-6-10-24-2)15-16(22-26-18(15)21-12)13-7-4-3-5-8-13/h3-5,7-8H,6,9-11H2,1-2H3,(H,19,23). The second kappa shape index (κ2) is 8.39. The lowest BCUT2D eigenvalue weighted by Gasteiger charge is -2.08. The van der Waals surface area contributed by atoms with Crippen LogP contribution in [0.1, 0.15) is 12.2 Å². The first kappa shape index (κ1) is 17.8. The summed E-state index contributed by atoms with van der Waals surface area (Å²) in [6, 6.07) is 9.53. The highest BCUT2D eigenvalue weighted by atomic mass is 16.5. The van der Waals surface area contributed by atoms with Crippen molar-refractivity contribution in [2.75, 3.05) is 26.9 Å². The minimum atomic E-state index is -0.233. The van der Waals surface area contributed by atoms with E-state index in [-0.39, 0.29) is 18.4 Å². The largest absolute Gasteiger partial charge is 0.467 e. The quantitative estimate of drug-likeness (QED) is 0.617. The average Bonchev–Trinajstić information content (AvgIpc) is 3.08. The fraction of sp³-hybridized carbons (Fsp3) is 0.333. The van der Waals surface area contributed by atoms with E-state index in [1.54, 1.807) is 14.0 Å². The van der Waals surface area contributed by atoms with Crippen LogP contribution >= 0.6 is 0 Å². The van der Waals surface area contributed by atoms with Crippen LogP contribution in [0.15, 0.2) is 34.9 Å². The van der Waals surface area contributed by atoms with Gasteiger partial charge in [-0.3, -0.25) is 4.79 Å². The number of carbonyl (C=O) groups excluding carboxylic acids is 1. The number of amides is 1. The maximum absolute atomic E-state index is 11.9. The van der Waals surface area contributed by atoms with Gasteiger partial charge in [0.2, 0.25) is 5.88 Å². The second-order valence-corrected chi connectivity index (χ2v) is 5.64. The maximum atomic E-state index is 11.9. The number of fused-ring (bicyclic) bond motifs is 1. The van der Waals surface area contributed by atoms with E-state index in [2.05, 4.69) is 20.4 Å². The van der Waals surface area contributed by atoms with Gasteiger partial charge >= 0.3 is 0 Å². The molecule has 1 amide bonds. The van der Waals surface area contributed by atoms with Gasteiger partial charge in [0.05, 0.1) is 0 Å². The molecule has 0 aliphatic carbocycles. The SMILES string of the molecule is COCCCNC(=O)COc1nc(C)nc2onc(-c3ccccc3)c12. The average molecular weight is 356 g/mol. The van der Waals surface area contributed by atoms with Crippen molar-refractivity contribution in [2.45, 2.75) is 13.3 Å². The molecule has 0 atom stereocenters. The minimum Gasteiger partial charge on any atom is -0.467 e. The lowest BCUT2D eigenvalue weighted by atomic mass is 10.1. The summed E-state index contributed by atoms with van der Waals surface area (Å²) < 4.78 is 15.9. The van der Waals surface area contributed by atoms with E-state index in [1.807, 2.05) is 30.3 Å². The van der Waals surface area contributed by atoms with Gasteiger partial charge in [0.15, 0.2) is 6.61 Å². The molecule has 0 saturated carbocycles. The molecule has 0 bridgehead atoms. The molecule has 0 spiro atoms. The monoisotopic (exact) mass is 356 g/mol. The van der Waals surface area contributed by atoms with Crippen LogP contribution in [-0.2, 0) is 9.53 Å². The summed E-state index contributed by atoms with van der Waals surface area (Å²) in [6.45, 7) is 2.69. The van der Waals surface area contributed by atoms with Crippen molar-refractivity contribution >= 4 is 17.0 Å². The number of methoxy groups -OCH3 is 1. The molecule has 0 fully saturated rings. The summed E-state index contributed by atoms with van der Waals surface area (Å²) in [4.78, 5) is 20.5. The molecule has 8 nitrogen and oxygen atoms in total. The number of nitrogens with zero attached hydrogens (tertiary/aromatic N) is 3. The highest BCUT2D eigenvalue weighted by Gasteiger charge is 2.19. The first-order valence-corrected chi connectivity index (χ1v) is 8.27. The molecule has 3 rings (SSSR count). The molecule has 2 aromatic heterocycles. The third-order valence-corrected chi connectivity index (χ3v) is 3.65. The number of aromatic nitrogens is 3. The minimum absolute atomic E-state index is 0.155. The molecule has 8 heteroatoms. The number of rotatable bonds is 8. The fourth-order valence-corrected chi connectivity index (χ4v) is 2.45. The van der Waals surface area contributed by atoms with Crippen molar-refractivity contribution < 1.29 is 18.8 Å². The zero-order chi connectivity index (χ0) is 18.4. The smallest absolute Gasteiger partial charge is 0.265 e. The second-order valence-electron chi connectivity index (χ2n) is 5.64. The summed E-state index contributed by atoms with van der Waals surface area (Å²) in [5.74, 6) is 0.520. The van der Waals surface area contributed by atoms with E-state index in [4.69, 9.17) is 14.0 Å². The highest BCUT2D eigenvalue weighted by Crippen LogP contribution is 2.32. The van der Waals surface area contributed by atoms with Crippen LogP contribution in [0.25, 0.3) is 22.4 Å². The number of benzene rings is 1. The lowest BCUT2D eigenvalue weighted by Crippen LogP contribution is -2.30. The fourth-order valence-electron chi connectivity index (χ4n) is 2.45. The third-order valence-electron chi connectivity index (χ3n) is 3.65. The van der Waals surface area contributed by atoms with Crippen LogP contribution in [-0.4, -0.2) is 47.9 Å². The predicted molar refractivity (Wildman–Crippen MR) is 94.8 cm³/mol. The molecule has 0 saturated heterocycles. The number of ether oxygens (including phenoxy) is 2. The summed E-state index contributed by atoms with van der Waals surface area (Å²) in [6.07, 6.45) is 0.739. The Bertz CT molecular complexity index is 880. The van der Waals surface area contributed by atoms with Crippen molar-refractivity contribution in [1.29, 1.82) is 0 Å². The van der Waals surface area contributed by atoms with Gasteiger partial charge in [-0.1, -0.05) is 35.5 Å². The Morgan fingerprint density at radius 1 is 1.23 bits per heavy atom.